The quantitative estimate of drug-likeness (QED) is 0.913. The second-order valence-electron chi connectivity index (χ2n) is 4.79. The lowest BCUT2D eigenvalue weighted by molar-refractivity contribution is -0.136. The lowest BCUT2D eigenvalue weighted by Gasteiger charge is -2.29. The van der Waals surface area contributed by atoms with Crippen LogP contribution in [0.3, 0.4) is 0 Å². The first kappa shape index (κ1) is 15.0. The van der Waals surface area contributed by atoms with E-state index in [1.54, 1.807) is 11.9 Å². The van der Waals surface area contributed by atoms with Gasteiger partial charge in [-0.05, 0) is 25.5 Å². The van der Waals surface area contributed by atoms with E-state index in [0.717, 1.165) is 5.56 Å². The maximum atomic E-state index is 12.2. The Hall–Kier alpha value is -1.06. The summed E-state index contributed by atoms with van der Waals surface area (Å²) in [5.74, 6) is -0.155. The van der Waals surface area contributed by atoms with Crippen LogP contribution in [0.15, 0.2) is 24.3 Å². The molecule has 100 valence electrons. The number of benzene rings is 1. The molecular formula is C14H21ClN2O. The zero-order valence-electron chi connectivity index (χ0n) is 11.4. The van der Waals surface area contributed by atoms with Gasteiger partial charge in [0.15, 0.2) is 0 Å². The van der Waals surface area contributed by atoms with Crippen LogP contribution in [-0.2, 0) is 4.79 Å². The smallest absolute Gasteiger partial charge is 0.227 e. The van der Waals surface area contributed by atoms with E-state index in [1.807, 2.05) is 45.0 Å². The SMILES string of the molecule is CC(N)C(C)C(=O)N(C)C(C)c1ccccc1Cl. The number of carbonyl (C=O) groups is 1. The van der Waals surface area contributed by atoms with Crippen LogP contribution in [0.1, 0.15) is 32.4 Å². The van der Waals surface area contributed by atoms with Gasteiger partial charge in [0.25, 0.3) is 0 Å². The van der Waals surface area contributed by atoms with E-state index in [-0.39, 0.29) is 23.9 Å². The summed E-state index contributed by atoms with van der Waals surface area (Å²) in [6.45, 7) is 5.66. The highest BCUT2D eigenvalue weighted by Gasteiger charge is 2.25. The molecular weight excluding hydrogens is 248 g/mol. The van der Waals surface area contributed by atoms with Crippen molar-refractivity contribution in [2.45, 2.75) is 32.9 Å². The highest BCUT2D eigenvalue weighted by atomic mass is 35.5. The minimum Gasteiger partial charge on any atom is -0.339 e. The minimum atomic E-state index is -0.195. The molecule has 3 atom stereocenters. The Labute approximate surface area is 114 Å². The van der Waals surface area contributed by atoms with Crippen LogP contribution in [0.4, 0.5) is 0 Å². The number of hydrogen-bond acceptors (Lipinski definition) is 2. The van der Waals surface area contributed by atoms with Crippen molar-refractivity contribution in [3.63, 3.8) is 0 Å². The number of hydrogen-bond donors (Lipinski definition) is 1. The van der Waals surface area contributed by atoms with E-state index in [2.05, 4.69) is 0 Å². The Morgan fingerprint density at radius 1 is 1.28 bits per heavy atom. The van der Waals surface area contributed by atoms with Crippen LogP contribution in [0.5, 0.6) is 0 Å². The first-order chi connectivity index (χ1) is 8.36. The fraction of sp³-hybridized carbons (Fsp3) is 0.500. The Balaban J connectivity index is 2.88. The zero-order chi connectivity index (χ0) is 13.9. The summed E-state index contributed by atoms with van der Waals surface area (Å²) >= 11 is 6.15. The molecule has 0 radical (unpaired) electrons. The maximum Gasteiger partial charge on any atom is 0.227 e. The molecule has 3 unspecified atom stereocenters. The molecule has 0 aliphatic rings. The summed E-state index contributed by atoms with van der Waals surface area (Å²) in [5.41, 5.74) is 6.72. The molecule has 0 saturated carbocycles. The molecule has 1 amide bonds. The highest BCUT2D eigenvalue weighted by molar-refractivity contribution is 6.31. The normalized spacial score (nSPS) is 15.9. The molecule has 0 bridgehead atoms. The number of amides is 1. The van der Waals surface area contributed by atoms with Gasteiger partial charge in [0.1, 0.15) is 0 Å². The van der Waals surface area contributed by atoms with Gasteiger partial charge in [0.05, 0.1) is 12.0 Å². The summed E-state index contributed by atoms with van der Waals surface area (Å²) in [5, 5.41) is 0.679. The number of halogens is 1. The first-order valence-electron chi connectivity index (χ1n) is 6.13. The molecule has 0 spiro atoms. The van der Waals surface area contributed by atoms with Gasteiger partial charge in [-0.15, -0.1) is 0 Å². The van der Waals surface area contributed by atoms with Gasteiger partial charge in [0.2, 0.25) is 5.91 Å². The van der Waals surface area contributed by atoms with Crippen LogP contribution in [0.25, 0.3) is 0 Å². The van der Waals surface area contributed by atoms with Crippen LogP contribution >= 0.6 is 11.6 Å². The number of rotatable bonds is 4. The fourth-order valence-electron chi connectivity index (χ4n) is 1.76. The third-order valence-electron chi connectivity index (χ3n) is 3.46. The van der Waals surface area contributed by atoms with E-state index in [1.165, 1.54) is 0 Å². The van der Waals surface area contributed by atoms with E-state index in [9.17, 15) is 4.79 Å². The van der Waals surface area contributed by atoms with Crippen molar-refractivity contribution in [3.05, 3.63) is 34.9 Å². The molecule has 0 fully saturated rings. The zero-order valence-corrected chi connectivity index (χ0v) is 12.1. The Morgan fingerprint density at radius 3 is 2.33 bits per heavy atom. The predicted molar refractivity (Wildman–Crippen MR) is 75.5 cm³/mol. The standard InChI is InChI=1S/C14H21ClN2O/c1-9(10(2)16)14(18)17(4)11(3)12-7-5-6-8-13(12)15/h5-11H,16H2,1-4H3. The van der Waals surface area contributed by atoms with E-state index in [4.69, 9.17) is 17.3 Å². The lowest BCUT2D eigenvalue weighted by Crippen LogP contribution is -2.40. The number of nitrogens with zero attached hydrogens (tertiary/aromatic N) is 1. The molecule has 1 aromatic carbocycles. The molecule has 4 heteroatoms. The van der Waals surface area contributed by atoms with Gasteiger partial charge >= 0.3 is 0 Å². The van der Waals surface area contributed by atoms with Crippen LogP contribution in [0.2, 0.25) is 5.02 Å². The highest BCUT2D eigenvalue weighted by Crippen LogP contribution is 2.27. The number of nitrogens with two attached hydrogens (primary N) is 1. The molecule has 3 nitrogen and oxygen atoms in total. The molecule has 1 rings (SSSR count). The van der Waals surface area contributed by atoms with Gasteiger partial charge in [-0.3, -0.25) is 4.79 Å². The van der Waals surface area contributed by atoms with Crippen molar-refractivity contribution in [2.24, 2.45) is 11.7 Å². The molecule has 0 heterocycles. The van der Waals surface area contributed by atoms with Crippen molar-refractivity contribution in [2.75, 3.05) is 7.05 Å². The topological polar surface area (TPSA) is 46.3 Å². The molecule has 0 aliphatic heterocycles. The van der Waals surface area contributed by atoms with Gasteiger partial charge in [0, 0.05) is 18.1 Å². The van der Waals surface area contributed by atoms with Crippen molar-refractivity contribution < 1.29 is 4.79 Å². The second-order valence-corrected chi connectivity index (χ2v) is 5.20. The maximum absolute atomic E-state index is 12.2. The molecule has 1 aromatic rings. The fourth-order valence-corrected chi connectivity index (χ4v) is 2.05. The molecule has 18 heavy (non-hydrogen) atoms. The van der Waals surface area contributed by atoms with Crippen LogP contribution < -0.4 is 5.73 Å². The van der Waals surface area contributed by atoms with E-state index >= 15 is 0 Å². The Bertz CT molecular complexity index is 420. The van der Waals surface area contributed by atoms with Crippen molar-refractivity contribution >= 4 is 17.5 Å². The van der Waals surface area contributed by atoms with Gasteiger partial charge < -0.3 is 10.6 Å². The van der Waals surface area contributed by atoms with E-state index < -0.39 is 0 Å². The monoisotopic (exact) mass is 268 g/mol. The Kier molecular flexibility index (Phi) is 5.17. The van der Waals surface area contributed by atoms with Crippen molar-refractivity contribution in [3.8, 4) is 0 Å². The molecule has 2 N–H and O–H groups in total. The van der Waals surface area contributed by atoms with Crippen LogP contribution in [-0.4, -0.2) is 23.9 Å². The summed E-state index contributed by atoms with van der Waals surface area (Å²) in [7, 11) is 1.79. The summed E-state index contributed by atoms with van der Waals surface area (Å²) in [6, 6.07) is 7.36. The lowest BCUT2D eigenvalue weighted by atomic mass is 10.0. The Morgan fingerprint density at radius 2 is 1.83 bits per heavy atom. The summed E-state index contributed by atoms with van der Waals surface area (Å²) in [6.07, 6.45) is 0. The summed E-state index contributed by atoms with van der Waals surface area (Å²) < 4.78 is 0. The van der Waals surface area contributed by atoms with E-state index in [0.29, 0.717) is 5.02 Å². The van der Waals surface area contributed by atoms with Crippen LogP contribution in [0, 0.1) is 5.92 Å². The first-order valence-corrected chi connectivity index (χ1v) is 6.50. The minimum absolute atomic E-state index is 0.0393. The number of carbonyl (C=O) groups excluding carboxylic acids is 1. The second kappa shape index (κ2) is 6.21. The average molecular weight is 269 g/mol. The van der Waals surface area contributed by atoms with Gasteiger partial charge in [-0.25, -0.2) is 0 Å². The predicted octanol–water partition coefficient (Wildman–Crippen LogP) is 2.84. The average Bonchev–Trinajstić information content (AvgIpc) is 2.35. The van der Waals surface area contributed by atoms with Gasteiger partial charge in [-0.2, -0.15) is 0 Å². The molecule has 0 aliphatic carbocycles. The largest absolute Gasteiger partial charge is 0.339 e. The van der Waals surface area contributed by atoms with Crippen molar-refractivity contribution in [1.29, 1.82) is 0 Å². The van der Waals surface area contributed by atoms with Crippen molar-refractivity contribution in [1.82, 2.24) is 4.90 Å². The molecule has 0 aromatic heterocycles. The summed E-state index contributed by atoms with van der Waals surface area (Å²) in [4.78, 5) is 13.9. The van der Waals surface area contributed by atoms with Gasteiger partial charge in [-0.1, -0.05) is 36.7 Å². The third-order valence-corrected chi connectivity index (χ3v) is 3.81. The third kappa shape index (κ3) is 3.24. The molecule has 0 saturated heterocycles.